The average molecular weight is 369 g/mol. The molecule has 0 bridgehead atoms. The molecule has 2 aromatic rings. The summed E-state index contributed by atoms with van der Waals surface area (Å²) in [5, 5.41) is 15.0. The van der Waals surface area contributed by atoms with Gasteiger partial charge >= 0.3 is 5.97 Å². The number of furan rings is 1. The lowest BCUT2D eigenvalue weighted by atomic mass is 9.90. The zero-order valence-electron chi connectivity index (χ0n) is 15.6. The highest BCUT2D eigenvalue weighted by molar-refractivity contribution is 5.96. The number of rotatable bonds is 8. The second-order valence-corrected chi connectivity index (χ2v) is 6.57. The number of carbonyl (C=O) groups is 2. The highest BCUT2D eigenvalue weighted by Crippen LogP contribution is 2.18. The second kappa shape index (κ2) is 8.90. The van der Waals surface area contributed by atoms with Crippen molar-refractivity contribution in [2.75, 3.05) is 11.9 Å². The van der Waals surface area contributed by atoms with Crippen LogP contribution >= 0.6 is 0 Å². The van der Waals surface area contributed by atoms with Crippen molar-refractivity contribution in [3.63, 3.8) is 0 Å². The van der Waals surface area contributed by atoms with Crippen LogP contribution in [-0.2, 0) is 16.1 Å². The van der Waals surface area contributed by atoms with Gasteiger partial charge in [-0.3, -0.25) is 4.79 Å². The summed E-state index contributed by atoms with van der Waals surface area (Å²) in [6, 6.07) is 12.5. The number of nitriles is 1. The van der Waals surface area contributed by atoms with Crippen LogP contribution in [-0.4, -0.2) is 24.0 Å². The minimum Gasteiger partial charge on any atom is -0.467 e. The van der Waals surface area contributed by atoms with Gasteiger partial charge in [-0.15, -0.1) is 0 Å². The summed E-state index contributed by atoms with van der Waals surface area (Å²) in [5.41, 5.74) is -0.140. The Labute approximate surface area is 158 Å². The molecule has 0 spiro atoms. The third-order valence-electron chi connectivity index (χ3n) is 4.30. The Hall–Kier alpha value is -3.27. The Balaban J connectivity index is 1.96. The van der Waals surface area contributed by atoms with Crippen LogP contribution in [0.2, 0.25) is 0 Å². The molecule has 0 saturated heterocycles. The minimum absolute atomic E-state index is 0.0892. The molecule has 2 rings (SSSR count). The Morgan fingerprint density at radius 1 is 1.26 bits per heavy atom. The topological polar surface area (TPSA) is 104 Å². The maximum Gasteiger partial charge on any atom is 0.340 e. The molecule has 2 N–H and O–H groups in total. The van der Waals surface area contributed by atoms with Gasteiger partial charge in [0.1, 0.15) is 11.3 Å². The van der Waals surface area contributed by atoms with Crippen molar-refractivity contribution in [1.29, 1.82) is 5.26 Å². The third-order valence-corrected chi connectivity index (χ3v) is 4.30. The van der Waals surface area contributed by atoms with E-state index in [-0.39, 0.29) is 5.92 Å². The zero-order valence-corrected chi connectivity index (χ0v) is 15.6. The van der Waals surface area contributed by atoms with Crippen molar-refractivity contribution in [3.8, 4) is 6.07 Å². The van der Waals surface area contributed by atoms with Gasteiger partial charge in [0.05, 0.1) is 24.4 Å². The molecule has 0 aliphatic carbocycles. The van der Waals surface area contributed by atoms with E-state index in [1.165, 1.54) is 0 Å². The van der Waals surface area contributed by atoms with Gasteiger partial charge in [0, 0.05) is 5.69 Å². The van der Waals surface area contributed by atoms with E-state index < -0.39 is 24.0 Å². The zero-order chi connectivity index (χ0) is 19.9. The average Bonchev–Trinajstić information content (AvgIpc) is 3.18. The van der Waals surface area contributed by atoms with Gasteiger partial charge in [0.25, 0.3) is 5.91 Å². The van der Waals surface area contributed by atoms with Crippen molar-refractivity contribution in [2.45, 2.75) is 32.9 Å². The van der Waals surface area contributed by atoms with Gasteiger partial charge in [-0.1, -0.05) is 26.0 Å². The Bertz CT molecular complexity index is 824. The number of nitrogens with one attached hydrogen (secondary N) is 2. The van der Waals surface area contributed by atoms with E-state index in [2.05, 4.69) is 16.7 Å². The highest BCUT2D eigenvalue weighted by Gasteiger charge is 2.30. The van der Waals surface area contributed by atoms with E-state index in [0.29, 0.717) is 17.8 Å². The minimum atomic E-state index is -1.02. The Morgan fingerprint density at radius 3 is 2.63 bits per heavy atom. The van der Waals surface area contributed by atoms with Crippen molar-refractivity contribution < 1.29 is 18.7 Å². The molecule has 1 amide bonds. The number of hydrogen-bond acceptors (Lipinski definition) is 6. The lowest BCUT2D eigenvalue weighted by Gasteiger charge is -2.27. The van der Waals surface area contributed by atoms with E-state index in [4.69, 9.17) is 9.15 Å². The molecule has 0 aliphatic rings. The van der Waals surface area contributed by atoms with Crippen LogP contribution in [0.3, 0.4) is 0 Å². The summed E-state index contributed by atoms with van der Waals surface area (Å²) >= 11 is 0. The van der Waals surface area contributed by atoms with Gasteiger partial charge in [-0.2, -0.15) is 5.26 Å². The predicted octanol–water partition coefficient (Wildman–Crippen LogP) is 3.10. The summed E-state index contributed by atoms with van der Waals surface area (Å²) in [6.45, 7) is 5.24. The molecule has 0 radical (unpaired) electrons. The van der Waals surface area contributed by atoms with Crippen molar-refractivity contribution >= 4 is 17.6 Å². The van der Waals surface area contributed by atoms with Crippen LogP contribution in [0.1, 0.15) is 36.9 Å². The molecule has 0 fully saturated rings. The smallest absolute Gasteiger partial charge is 0.340 e. The maximum atomic E-state index is 12.4. The van der Waals surface area contributed by atoms with Gasteiger partial charge < -0.3 is 19.8 Å². The molecule has 27 heavy (non-hydrogen) atoms. The fraction of sp³-hybridized carbons (Fsp3) is 0.350. The molecule has 7 nitrogen and oxygen atoms in total. The molecular weight excluding hydrogens is 346 g/mol. The van der Waals surface area contributed by atoms with Gasteiger partial charge in [-0.25, -0.2) is 4.79 Å². The first-order valence-corrected chi connectivity index (χ1v) is 8.60. The first-order valence-electron chi connectivity index (χ1n) is 8.60. The van der Waals surface area contributed by atoms with Crippen molar-refractivity contribution in [2.24, 2.45) is 5.92 Å². The van der Waals surface area contributed by atoms with Crippen LogP contribution in [0, 0.1) is 17.2 Å². The van der Waals surface area contributed by atoms with E-state index >= 15 is 0 Å². The normalized spacial score (nSPS) is 12.7. The van der Waals surface area contributed by atoms with Gasteiger partial charge in [0.2, 0.25) is 0 Å². The Morgan fingerprint density at radius 2 is 2.00 bits per heavy atom. The monoisotopic (exact) mass is 369 g/mol. The van der Waals surface area contributed by atoms with Crippen LogP contribution in [0.25, 0.3) is 0 Å². The lowest BCUT2D eigenvalue weighted by molar-refractivity contribution is -0.125. The number of ether oxygens (including phenoxy) is 1. The molecule has 142 valence electrons. The molecule has 1 aromatic heterocycles. The highest BCUT2D eigenvalue weighted by atomic mass is 16.5. The maximum absolute atomic E-state index is 12.4. The standard InChI is InChI=1S/C20H23N3O4/c1-14(2)20(3,13-21)23-18(24)12-27-19(25)16-8-4-5-9-17(16)22-11-15-7-6-10-26-15/h4-10,14,22H,11-12H2,1-3H3,(H,23,24)/t20-/m1/s1. The molecule has 0 unspecified atom stereocenters. The van der Waals surface area contributed by atoms with E-state index in [1.54, 1.807) is 43.5 Å². The summed E-state index contributed by atoms with van der Waals surface area (Å²) in [5.74, 6) is -0.520. The van der Waals surface area contributed by atoms with Crippen LogP contribution in [0.4, 0.5) is 5.69 Å². The quantitative estimate of drug-likeness (QED) is 0.693. The number of nitrogens with zero attached hydrogens (tertiary/aromatic N) is 1. The summed E-state index contributed by atoms with van der Waals surface area (Å²) in [7, 11) is 0. The molecule has 1 atom stereocenters. The van der Waals surface area contributed by atoms with Gasteiger partial charge in [-0.05, 0) is 37.1 Å². The summed E-state index contributed by atoms with van der Waals surface area (Å²) < 4.78 is 10.4. The fourth-order valence-corrected chi connectivity index (χ4v) is 2.25. The molecule has 0 saturated carbocycles. The third kappa shape index (κ3) is 5.35. The number of benzene rings is 1. The summed E-state index contributed by atoms with van der Waals surface area (Å²) in [6.07, 6.45) is 1.57. The first-order chi connectivity index (χ1) is 12.9. The lowest BCUT2D eigenvalue weighted by Crippen LogP contribution is -2.50. The van der Waals surface area contributed by atoms with E-state index in [9.17, 15) is 14.9 Å². The van der Waals surface area contributed by atoms with Crippen LogP contribution in [0.5, 0.6) is 0 Å². The SMILES string of the molecule is CC(C)[C@@](C)(C#N)NC(=O)COC(=O)c1ccccc1NCc1ccco1. The summed E-state index contributed by atoms with van der Waals surface area (Å²) in [4.78, 5) is 24.4. The molecule has 1 aromatic carbocycles. The largest absolute Gasteiger partial charge is 0.467 e. The van der Waals surface area contributed by atoms with Crippen LogP contribution in [0.15, 0.2) is 47.1 Å². The van der Waals surface area contributed by atoms with Gasteiger partial charge in [0.15, 0.2) is 6.61 Å². The number of para-hydroxylation sites is 1. The number of anilines is 1. The number of esters is 1. The first kappa shape index (κ1) is 20.0. The fourth-order valence-electron chi connectivity index (χ4n) is 2.25. The number of hydrogen-bond donors (Lipinski definition) is 2. The molecule has 7 heteroatoms. The van der Waals surface area contributed by atoms with E-state index in [0.717, 1.165) is 5.76 Å². The Kier molecular flexibility index (Phi) is 6.61. The van der Waals surface area contributed by atoms with Crippen molar-refractivity contribution in [3.05, 3.63) is 54.0 Å². The second-order valence-electron chi connectivity index (χ2n) is 6.57. The number of carbonyl (C=O) groups excluding carboxylic acids is 2. The van der Waals surface area contributed by atoms with Crippen LogP contribution < -0.4 is 10.6 Å². The molecular formula is C20H23N3O4. The van der Waals surface area contributed by atoms with E-state index in [1.807, 2.05) is 19.9 Å². The number of amides is 1. The molecule has 0 aliphatic heterocycles. The van der Waals surface area contributed by atoms with Crippen molar-refractivity contribution in [1.82, 2.24) is 5.32 Å². The predicted molar refractivity (Wildman–Crippen MR) is 99.8 cm³/mol. The molecule has 1 heterocycles.